The van der Waals surface area contributed by atoms with Crippen LogP contribution in [0.2, 0.25) is 0 Å². The Kier molecular flexibility index (Phi) is 3.99. The summed E-state index contributed by atoms with van der Waals surface area (Å²) >= 11 is 0. The van der Waals surface area contributed by atoms with E-state index in [1.165, 1.54) is 0 Å². The Morgan fingerprint density at radius 2 is 2.20 bits per heavy atom. The lowest BCUT2D eigenvalue weighted by molar-refractivity contribution is -0.211. The van der Waals surface area contributed by atoms with Crippen LogP contribution in [0.1, 0.15) is 16.7 Å². The van der Waals surface area contributed by atoms with Gasteiger partial charge in [0.25, 0.3) is 5.91 Å². The van der Waals surface area contributed by atoms with E-state index in [2.05, 4.69) is 10.3 Å². The molecule has 1 aliphatic rings. The number of aromatic nitrogens is 2. The van der Waals surface area contributed by atoms with Crippen LogP contribution >= 0.6 is 0 Å². The largest absolute Gasteiger partial charge is 0.388 e. The standard InChI is InChI=1S/C10H14N4O6/c11-8(19)5-9(13-3-15)12-2-14(5)10-7(18)6(17)4(16)1-20-10/h2-4,6-7,10,16-18H,1H2,(H2,11,19)(H,13,15)/t4-,6-,7-,10+/m1/s1. The molecule has 2 rings (SSSR count). The molecule has 2 heterocycles. The van der Waals surface area contributed by atoms with E-state index in [-0.39, 0.29) is 18.1 Å². The fourth-order valence-electron chi connectivity index (χ4n) is 1.99. The lowest BCUT2D eigenvalue weighted by Gasteiger charge is -2.36. The second-order valence-electron chi connectivity index (χ2n) is 4.25. The molecule has 6 N–H and O–H groups in total. The molecule has 0 aromatic carbocycles. The van der Waals surface area contributed by atoms with Gasteiger partial charge < -0.3 is 31.1 Å². The molecule has 20 heavy (non-hydrogen) atoms. The first-order valence-electron chi connectivity index (χ1n) is 5.70. The molecular weight excluding hydrogens is 272 g/mol. The number of nitrogens with one attached hydrogen (secondary N) is 1. The van der Waals surface area contributed by atoms with Crippen LogP contribution in [0.15, 0.2) is 6.33 Å². The zero-order valence-electron chi connectivity index (χ0n) is 10.2. The number of aliphatic hydroxyl groups is 3. The minimum Gasteiger partial charge on any atom is -0.388 e. The molecule has 1 aromatic heterocycles. The Morgan fingerprint density at radius 3 is 2.80 bits per heavy atom. The molecule has 110 valence electrons. The molecule has 0 bridgehead atoms. The first kappa shape index (κ1) is 14.4. The van der Waals surface area contributed by atoms with Crippen LogP contribution < -0.4 is 11.1 Å². The minimum atomic E-state index is -1.49. The number of nitrogens with zero attached hydrogens (tertiary/aromatic N) is 2. The fourth-order valence-corrected chi connectivity index (χ4v) is 1.99. The molecule has 0 unspecified atom stereocenters. The summed E-state index contributed by atoms with van der Waals surface area (Å²) in [5.74, 6) is -0.993. The monoisotopic (exact) mass is 286 g/mol. The molecule has 1 fully saturated rings. The number of anilines is 1. The summed E-state index contributed by atoms with van der Waals surface area (Å²) in [4.78, 5) is 25.6. The molecule has 2 amide bonds. The molecule has 4 atom stereocenters. The van der Waals surface area contributed by atoms with E-state index in [9.17, 15) is 24.9 Å². The lowest BCUT2D eigenvalue weighted by atomic mass is 10.0. The second kappa shape index (κ2) is 5.54. The highest BCUT2D eigenvalue weighted by molar-refractivity contribution is 5.97. The van der Waals surface area contributed by atoms with Crippen molar-refractivity contribution in [2.75, 3.05) is 11.9 Å². The predicted octanol–water partition coefficient (Wildman–Crippen LogP) is -2.84. The SMILES string of the molecule is NC(=O)c1c(NC=O)ncn1[C@H]1OC[C@@H](O)[C@@H](O)[C@H]1O. The van der Waals surface area contributed by atoms with Crippen molar-refractivity contribution in [3.8, 4) is 0 Å². The Bertz CT molecular complexity index is 518. The molecule has 0 aliphatic carbocycles. The summed E-state index contributed by atoms with van der Waals surface area (Å²) in [6.45, 7) is -0.240. The van der Waals surface area contributed by atoms with Crippen LogP contribution in [0.5, 0.6) is 0 Å². The minimum absolute atomic E-state index is 0.0936. The van der Waals surface area contributed by atoms with E-state index in [1.807, 2.05) is 0 Å². The van der Waals surface area contributed by atoms with Gasteiger partial charge in [0.1, 0.15) is 18.3 Å². The van der Waals surface area contributed by atoms with Crippen molar-refractivity contribution in [2.24, 2.45) is 5.73 Å². The van der Waals surface area contributed by atoms with Crippen molar-refractivity contribution >= 4 is 18.1 Å². The van der Waals surface area contributed by atoms with Gasteiger partial charge in [-0.05, 0) is 0 Å². The lowest BCUT2D eigenvalue weighted by Crippen LogP contribution is -2.51. The third-order valence-electron chi connectivity index (χ3n) is 2.97. The van der Waals surface area contributed by atoms with Gasteiger partial charge in [-0.2, -0.15) is 0 Å². The van der Waals surface area contributed by atoms with Crippen molar-refractivity contribution in [3.63, 3.8) is 0 Å². The van der Waals surface area contributed by atoms with Crippen LogP contribution in [0.3, 0.4) is 0 Å². The quantitative estimate of drug-likeness (QED) is 0.372. The maximum atomic E-state index is 11.4. The smallest absolute Gasteiger partial charge is 0.269 e. The zero-order chi connectivity index (χ0) is 14.9. The number of hydrogen-bond donors (Lipinski definition) is 5. The zero-order valence-corrected chi connectivity index (χ0v) is 10.2. The first-order valence-corrected chi connectivity index (χ1v) is 5.70. The van der Waals surface area contributed by atoms with E-state index in [1.54, 1.807) is 0 Å². The molecule has 1 aliphatic heterocycles. The van der Waals surface area contributed by atoms with E-state index in [4.69, 9.17) is 10.5 Å². The summed E-state index contributed by atoms with van der Waals surface area (Å²) in [6, 6.07) is 0. The molecule has 0 radical (unpaired) electrons. The number of rotatable bonds is 4. The van der Waals surface area contributed by atoms with Crippen LogP contribution in [-0.2, 0) is 9.53 Å². The number of hydrogen-bond acceptors (Lipinski definition) is 7. The summed E-state index contributed by atoms with van der Waals surface area (Å²) in [7, 11) is 0. The molecular formula is C10H14N4O6. The predicted molar refractivity (Wildman–Crippen MR) is 63.4 cm³/mol. The van der Waals surface area contributed by atoms with Crippen molar-refractivity contribution in [2.45, 2.75) is 24.5 Å². The van der Waals surface area contributed by atoms with E-state index < -0.39 is 30.4 Å². The summed E-state index contributed by atoms with van der Waals surface area (Å²) < 4.78 is 6.27. The molecule has 10 nitrogen and oxygen atoms in total. The van der Waals surface area contributed by atoms with Gasteiger partial charge >= 0.3 is 0 Å². The van der Waals surface area contributed by atoms with Crippen LogP contribution in [0.4, 0.5) is 5.82 Å². The number of carbonyl (C=O) groups excluding carboxylic acids is 2. The van der Waals surface area contributed by atoms with E-state index >= 15 is 0 Å². The molecule has 1 aromatic rings. The van der Waals surface area contributed by atoms with Crippen molar-refractivity contribution in [1.82, 2.24) is 9.55 Å². The highest BCUT2D eigenvalue weighted by Crippen LogP contribution is 2.27. The molecule has 10 heteroatoms. The Balaban J connectivity index is 2.37. The maximum absolute atomic E-state index is 11.4. The van der Waals surface area contributed by atoms with Crippen molar-refractivity contribution in [1.29, 1.82) is 0 Å². The molecule has 1 saturated heterocycles. The summed E-state index contributed by atoms with van der Waals surface area (Å²) in [6.07, 6.45) is -3.89. The van der Waals surface area contributed by atoms with Gasteiger partial charge in [-0.1, -0.05) is 0 Å². The number of aliphatic hydroxyl groups excluding tert-OH is 3. The van der Waals surface area contributed by atoms with Crippen LogP contribution in [0, 0.1) is 0 Å². The first-order chi connectivity index (χ1) is 9.47. The summed E-state index contributed by atoms with van der Waals surface area (Å²) in [5, 5.41) is 31.1. The third-order valence-corrected chi connectivity index (χ3v) is 2.97. The number of nitrogens with two attached hydrogens (primary N) is 1. The Morgan fingerprint density at radius 1 is 1.50 bits per heavy atom. The Labute approximate surface area is 112 Å². The van der Waals surface area contributed by atoms with E-state index in [0.29, 0.717) is 6.41 Å². The average molecular weight is 286 g/mol. The highest BCUT2D eigenvalue weighted by Gasteiger charge is 2.40. The van der Waals surface area contributed by atoms with Gasteiger partial charge in [-0.25, -0.2) is 4.98 Å². The summed E-state index contributed by atoms with van der Waals surface area (Å²) in [5.41, 5.74) is 5.01. The molecule has 0 saturated carbocycles. The average Bonchev–Trinajstić information content (AvgIpc) is 2.80. The maximum Gasteiger partial charge on any atom is 0.269 e. The fraction of sp³-hybridized carbons (Fsp3) is 0.500. The van der Waals surface area contributed by atoms with Gasteiger partial charge in [-0.3, -0.25) is 14.2 Å². The number of carbonyl (C=O) groups is 2. The third kappa shape index (κ3) is 2.36. The number of primary amides is 1. The number of imidazole rings is 1. The van der Waals surface area contributed by atoms with Gasteiger partial charge in [0.05, 0.1) is 12.9 Å². The van der Waals surface area contributed by atoms with Gasteiger partial charge in [0, 0.05) is 0 Å². The number of ether oxygens (including phenoxy) is 1. The number of amides is 2. The Hall–Kier alpha value is -2.01. The molecule has 0 spiro atoms. The van der Waals surface area contributed by atoms with Crippen molar-refractivity contribution in [3.05, 3.63) is 12.0 Å². The van der Waals surface area contributed by atoms with Gasteiger partial charge in [0.15, 0.2) is 17.7 Å². The topological polar surface area (TPSA) is 160 Å². The van der Waals surface area contributed by atoms with Crippen LogP contribution in [-0.4, -0.2) is 62.1 Å². The van der Waals surface area contributed by atoms with E-state index in [0.717, 1.165) is 10.9 Å². The van der Waals surface area contributed by atoms with Crippen LogP contribution in [0.25, 0.3) is 0 Å². The van der Waals surface area contributed by atoms with Crippen molar-refractivity contribution < 1.29 is 29.6 Å². The van der Waals surface area contributed by atoms with Gasteiger partial charge in [0.2, 0.25) is 6.41 Å². The normalized spacial score (nSPS) is 29.9. The second-order valence-corrected chi connectivity index (χ2v) is 4.25. The highest BCUT2D eigenvalue weighted by atomic mass is 16.5. The van der Waals surface area contributed by atoms with Gasteiger partial charge in [-0.15, -0.1) is 0 Å².